The molecule has 1 heteroatoms. The van der Waals surface area contributed by atoms with Crippen molar-refractivity contribution in [1.82, 2.24) is 0 Å². The summed E-state index contributed by atoms with van der Waals surface area (Å²) in [7, 11) is -0.150. The molecule has 2 aliphatic heterocycles. The third kappa shape index (κ3) is 0.483. The Bertz CT molecular complexity index is 293. The van der Waals surface area contributed by atoms with Crippen LogP contribution in [0.2, 0.25) is 0 Å². The molecule has 13 heavy (non-hydrogen) atoms. The lowest BCUT2D eigenvalue weighted by molar-refractivity contribution is 0.0288. The van der Waals surface area contributed by atoms with Gasteiger partial charge in [-0.25, -0.2) is 10.0 Å². The monoisotopic (exact) mass is 198 g/mol. The van der Waals surface area contributed by atoms with Gasteiger partial charge in [0.1, 0.15) is 0 Å². The Morgan fingerprint density at radius 1 is 1.15 bits per heavy atom. The van der Waals surface area contributed by atoms with Gasteiger partial charge in [-0.3, -0.25) is 0 Å². The van der Waals surface area contributed by atoms with E-state index in [1.165, 1.54) is 10.5 Å². The van der Waals surface area contributed by atoms with Gasteiger partial charge in [0.15, 0.2) is 0 Å². The first-order valence-corrected chi connectivity index (χ1v) is 7.73. The standard InChI is InChI=1S/C12H22S/c1-7(2)8-9-10-12(8,5)11(3,4)13(9,10)6/h7-10H,1-6H3. The van der Waals surface area contributed by atoms with Crippen molar-refractivity contribution >= 4 is 10.0 Å². The Balaban J connectivity index is 2.03. The molecule has 0 aromatic rings. The Hall–Kier alpha value is 0.350. The molecule has 1 saturated carbocycles. The van der Waals surface area contributed by atoms with Crippen LogP contribution in [0.1, 0.15) is 34.6 Å². The second-order valence-electron chi connectivity index (χ2n) is 6.50. The fourth-order valence-corrected chi connectivity index (χ4v) is 11.9. The molecule has 0 radical (unpaired) electrons. The predicted octanol–water partition coefficient (Wildman–Crippen LogP) is 3.26. The Morgan fingerprint density at radius 3 is 1.85 bits per heavy atom. The van der Waals surface area contributed by atoms with E-state index in [2.05, 4.69) is 40.9 Å². The molecule has 2 saturated heterocycles. The molecule has 2 heterocycles. The van der Waals surface area contributed by atoms with Gasteiger partial charge in [0.25, 0.3) is 0 Å². The summed E-state index contributed by atoms with van der Waals surface area (Å²) < 4.78 is 0.699. The Kier molecular flexibility index (Phi) is 1.15. The summed E-state index contributed by atoms with van der Waals surface area (Å²) >= 11 is 0. The van der Waals surface area contributed by atoms with E-state index in [-0.39, 0.29) is 10.0 Å². The molecule has 3 fully saturated rings. The van der Waals surface area contributed by atoms with E-state index >= 15 is 0 Å². The summed E-state index contributed by atoms with van der Waals surface area (Å²) in [5.74, 6) is 1.98. The van der Waals surface area contributed by atoms with Gasteiger partial charge in [0.05, 0.1) is 0 Å². The van der Waals surface area contributed by atoms with E-state index in [0.717, 1.165) is 17.3 Å². The van der Waals surface area contributed by atoms with Crippen LogP contribution < -0.4 is 0 Å². The van der Waals surface area contributed by atoms with Crippen molar-refractivity contribution in [1.29, 1.82) is 0 Å². The third-order valence-electron chi connectivity index (χ3n) is 6.07. The van der Waals surface area contributed by atoms with Gasteiger partial charge in [0.2, 0.25) is 0 Å². The average Bonchev–Trinajstić information content (AvgIpc) is 2.44. The average molecular weight is 198 g/mol. The van der Waals surface area contributed by atoms with Crippen molar-refractivity contribution in [3.05, 3.63) is 0 Å². The predicted molar refractivity (Wildman–Crippen MR) is 61.6 cm³/mol. The lowest BCUT2D eigenvalue weighted by Gasteiger charge is -2.63. The van der Waals surface area contributed by atoms with Crippen molar-refractivity contribution in [2.75, 3.05) is 6.26 Å². The molecule has 0 aromatic carbocycles. The van der Waals surface area contributed by atoms with Gasteiger partial charge in [0, 0.05) is 15.2 Å². The minimum absolute atomic E-state index is 0.150. The van der Waals surface area contributed by atoms with Crippen LogP contribution in [0.15, 0.2) is 0 Å². The minimum Gasteiger partial charge on any atom is -0.230 e. The molecule has 76 valence electrons. The minimum atomic E-state index is -0.150. The first-order chi connectivity index (χ1) is 5.81. The number of rotatable bonds is 1. The quantitative estimate of drug-likeness (QED) is 0.567. The van der Waals surface area contributed by atoms with Crippen LogP contribution in [0, 0.1) is 17.3 Å². The molecule has 3 rings (SSSR count). The number of hydrogen-bond acceptors (Lipinski definition) is 0. The molecule has 0 N–H and O–H groups in total. The Morgan fingerprint density at radius 2 is 1.69 bits per heavy atom. The number of fused-ring (bicyclic) bond motifs is 1. The third-order valence-corrected chi connectivity index (χ3v) is 11.9. The van der Waals surface area contributed by atoms with Gasteiger partial charge in [-0.2, -0.15) is 0 Å². The highest BCUT2D eigenvalue weighted by Gasteiger charge is 2.95. The van der Waals surface area contributed by atoms with Crippen molar-refractivity contribution in [2.24, 2.45) is 17.3 Å². The summed E-state index contributed by atoms with van der Waals surface area (Å²) in [6, 6.07) is 0. The molecule has 0 bridgehead atoms. The van der Waals surface area contributed by atoms with Crippen LogP contribution >= 0.6 is 10.0 Å². The fraction of sp³-hybridized carbons (Fsp3) is 1.00. The molecular weight excluding hydrogens is 176 g/mol. The highest BCUT2D eigenvalue weighted by molar-refractivity contribution is 8.43. The smallest absolute Gasteiger partial charge is 0.00710 e. The SMILES string of the molecule is CC(C)C1C2C3C1(C)C(C)(C)S23C. The van der Waals surface area contributed by atoms with Crippen molar-refractivity contribution in [3.8, 4) is 0 Å². The summed E-state index contributed by atoms with van der Waals surface area (Å²) in [6.07, 6.45) is 2.62. The molecule has 0 spiro atoms. The molecule has 5 unspecified atom stereocenters. The largest absolute Gasteiger partial charge is 0.230 e. The van der Waals surface area contributed by atoms with Gasteiger partial charge < -0.3 is 0 Å². The first kappa shape index (κ1) is 8.64. The molecule has 3 aliphatic rings. The summed E-state index contributed by atoms with van der Waals surface area (Å²) in [4.78, 5) is 0. The fourth-order valence-electron chi connectivity index (χ4n) is 5.07. The maximum absolute atomic E-state index is 2.62. The van der Waals surface area contributed by atoms with E-state index in [0.29, 0.717) is 4.75 Å². The summed E-state index contributed by atoms with van der Waals surface area (Å²) in [5.41, 5.74) is 0.732. The van der Waals surface area contributed by atoms with Gasteiger partial charge in [-0.05, 0) is 23.5 Å². The van der Waals surface area contributed by atoms with Gasteiger partial charge in [-0.1, -0.05) is 34.6 Å². The van der Waals surface area contributed by atoms with Crippen molar-refractivity contribution < 1.29 is 0 Å². The van der Waals surface area contributed by atoms with Crippen molar-refractivity contribution in [2.45, 2.75) is 49.9 Å². The lowest BCUT2D eigenvalue weighted by atomic mass is 9.52. The molecule has 1 aliphatic carbocycles. The molecule has 0 aromatic heterocycles. The Labute approximate surface area is 83.8 Å². The zero-order valence-electron chi connectivity index (χ0n) is 9.72. The molecule has 5 atom stereocenters. The van der Waals surface area contributed by atoms with Gasteiger partial charge >= 0.3 is 0 Å². The highest BCUT2D eigenvalue weighted by atomic mass is 32.3. The zero-order valence-corrected chi connectivity index (χ0v) is 10.5. The van der Waals surface area contributed by atoms with Crippen LogP contribution in [-0.2, 0) is 0 Å². The van der Waals surface area contributed by atoms with Crippen LogP contribution in [-0.4, -0.2) is 21.5 Å². The van der Waals surface area contributed by atoms with E-state index in [4.69, 9.17) is 0 Å². The maximum Gasteiger partial charge on any atom is 0.00710 e. The summed E-state index contributed by atoms with van der Waals surface area (Å²) in [5, 5.41) is 2.36. The molecule has 0 amide bonds. The van der Waals surface area contributed by atoms with Crippen LogP contribution in [0.25, 0.3) is 0 Å². The maximum atomic E-state index is 2.62. The first-order valence-electron chi connectivity index (χ1n) is 5.57. The zero-order chi connectivity index (χ0) is 9.81. The molecular formula is C12H22S. The lowest BCUT2D eigenvalue weighted by Crippen LogP contribution is -2.62. The van der Waals surface area contributed by atoms with Crippen LogP contribution in [0.3, 0.4) is 0 Å². The van der Waals surface area contributed by atoms with Crippen LogP contribution in [0.5, 0.6) is 0 Å². The second kappa shape index (κ2) is 1.73. The molecule has 0 nitrogen and oxygen atoms in total. The second-order valence-corrected chi connectivity index (χ2v) is 10.7. The van der Waals surface area contributed by atoms with E-state index < -0.39 is 0 Å². The van der Waals surface area contributed by atoms with Gasteiger partial charge in [-0.15, -0.1) is 0 Å². The van der Waals surface area contributed by atoms with E-state index in [1.54, 1.807) is 0 Å². The summed E-state index contributed by atoms with van der Waals surface area (Å²) in [6.45, 7) is 12.5. The number of hydrogen-bond donors (Lipinski definition) is 0. The topological polar surface area (TPSA) is 0 Å². The highest BCUT2D eigenvalue weighted by Crippen LogP contribution is 3.06. The van der Waals surface area contributed by atoms with E-state index in [9.17, 15) is 0 Å². The van der Waals surface area contributed by atoms with Crippen LogP contribution in [0.4, 0.5) is 0 Å². The normalized spacial score (nSPS) is 70.2. The van der Waals surface area contributed by atoms with Crippen molar-refractivity contribution in [3.63, 3.8) is 0 Å². The van der Waals surface area contributed by atoms with E-state index in [1.807, 2.05) is 0 Å².